The molecule has 0 saturated carbocycles. The number of rotatable bonds is 4. The molecule has 0 fully saturated rings. The number of aromatic carboxylic acids is 1. The van der Waals surface area contributed by atoms with E-state index in [0.717, 1.165) is 22.6 Å². The van der Waals surface area contributed by atoms with Crippen LogP contribution in [0.2, 0.25) is 0 Å². The van der Waals surface area contributed by atoms with Crippen LogP contribution in [0.5, 0.6) is 5.75 Å². The fraction of sp³-hybridized carbons (Fsp3) is 0.150. The van der Waals surface area contributed by atoms with Gasteiger partial charge in [0.2, 0.25) is 5.91 Å². The molecule has 142 valence electrons. The third-order valence-electron chi connectivity index (χ3n) is 4.50. The second-order valence-electron chi connectivity index (χ2n) is 6.22. The molecule has 28 heavy (non-hydrogen) atoms. The highest BCUT2D eigenvalue weighted by atomic mass is 32.2. The molecule has 1 atom stereocenters. The first-order valence-corrected chi connectivity index (χ1v) is 9.59. The van der Waals surface area contributed by atoms with E-state index in [-0.39, 0.29) is 16.7 Å². The van der Waals surface area contributed by atoms with Gasteiger partial charge in [0.1, 0.15) is 11.6 Å². The standard InChI is InChI=1S/C20H17N3O4S/c1-27-15-8-6-14(7-9-15)23-19-16(10-21-23)18(28-11-17(24)22-19)12-2-4-13(5-3-12)20(25)26/h2-10,18H,11H2,1H3,(H,22,24)(H,25,26). The fourth-order valence-corrected chi connectivity index (χ4v) is 4.18. The molecule has 0 aliphatic carbocycles. The Labute approximate surface area is 165 Å². The number of methoxy groups -OCH3 is 1. The van der Waals surface area contributed by atoms with Gasteiger partial charge in [-0.3, -0.25) is 4.79 Å². The molecule has 8 heteroatoms. The Balaban J connectivity index is 1.75. The molecule has 1 aliphatic heterocycles. The minimum absolute atomic E-state index is 0.105. The maximum absolute atomic E-state index is 12.3. The Morgan fingerprint density at radius 3 is 2.57 bits per heavy atom. The number of nitrogens with one attached hydrogen (secondary N) is 1. The van der Waals surface area contributed by atoms with Crippen LogP contribution in [0.3, 0.4) is 0 Å². The summed E-state index contributed by atoms with van der Waals surface area (Å²) in [6, 6.07) is 14.1. The monoisotopic (exact) mass is 395 g/mol. The zero-order valence-electron chi connectivity index (χ0n) is 15.0. The van der Waals surface area contributed by atoms with Crippen LogP contribution in [0.4, 0.5) is 5.82 Å². The van der Waals surface area contributed by atoms with Crippen molar-refractivity contribution in [3.05, 3.63) is 71.4 Å². The number of aromatic nitrogens is 2. The topological polar surface area (TPSA) is 93.5 Å². The van der Waals surface area contributed by atoms with E-state index in [9.17, 15) is 9.59 Å². The molecule has 0 radical (unpaired) electrons. The van der Waals surface area contributed by atoms with Crippen LogP contribution in [0, 0.1) is 0 Å². The van der Waals surface area contributed by atoms with E-state index in [4.69, 9.17) is 9.84 Å². The highest BCUT2D eigenvalue weighted by Gasteiger charge is 2.28. The molecule has 1 unspecified atom stereocenters. The van der Waals surface area contributed by atoms with Crippen LogP contribution >= 0.6 is 11.8 Å². The van der Waals surface area contributed by atoms with Crippen molar-refractivity contribution in [2.75, 3.05) is 18.2 Å². The average molecular weight is 395 g/mol. The Bertz CT molecular complexity index is 1030. The molecule has 4 rings (SSSR count). The summed E-state index contributed by atoms with van der Waals surface area (Å²) < 4.78 is 6.88. The second kappa shape index (κ2) is 7.40. The number of hydrogen-bond donors (Lipinski definition) is 2. The van der Waals surface area contributed by atoms with Gasteiger partial charge < -0.3 is 15.2 Å². The Morgan fingerprint density at radius 1 is 1.21 bits per heavy atom. The summed E-state index contributed by atoms with van der Waals surface area (Å²) in [5.41, 5.74) is 2.82. The van der Waals surface area contributed by atoms with Crippen molar-refractivity contribution in [3.63, 3.8) is 0 Å². The number of hydrogen-bond acceptors (Lipinski definition) is 5. The molecule has 2 N–H and O–H groups in total. The predicted octanol–water partition coefficient (Wildman–Crippen LogP) is 3.35. The normalized spacial score (nSPS) is 16.0. The lowest BCUT2D eigenvalue weighted by molar-refractivity contribution is -0.113. The van der Waals surface area contributed by atoms with Gasteiger partial charge in [-0.25, -0.2) is 9.48 Å². The largest absolute Gasteiger partial charge is 0.497 e. The van der Waals surface area contributed by atoms with E-state index in [1.54, 1.807) is 42.3 Å². The number of thioether (sulfide) groups is 1. The SMILES string of the molecule is COc1ccc(-n2ncc3c2NC(=O)CSC3c2ccc(C(=O)O)cc2)cc1. The summed E-state index contributed by atoms with van der Waals surface area (Å²) in [7, 11) is 1.60. The van der Waals surface area contributed by atoms with Gasteiger partial charge in [0, 0.05) is 5.56 Å². The number of amides is 1. The van der Waals surface area contributed by atoms with Crippen LogP contribution < -0.4 is 10.1 Å². The number of carbonyl (C=O) groups is 2. The molecule has 1 amide bonds. The van der Waals surface area contributed by atoms with E-state index in [0.29, 0.717) is 11.6 Å². The van der Waals surface area contributed by atoms with Crippen LogP contribution in [-0.2, 0) is 4.79 Å². The van der Waals surface area contributed by atoms with E-state index in [1.807, 2.05) is 24.3 Å². The smallest absolute Gasteiger partial charge is 0.335 e. The van der Waals surface area contributed by atoms with Crippen LogP contribution in [0.15, 0.2) is 54.7 Å². The van der Waals surface area contributed by atoms with E-state index >= 15 is 0 Å². The van der Waals surface area contributed by atoms with Crippen molar-refractivity contribution in [2.45, 2.75) is 5.25 Å². The van der Waals surface area contributed by atoms with Gasteiger partial charge in [-0.1, -0.05) is 12.1 Å². The maximum Gasteiger partial charge on any atom is 0.335 e. The number of nitrogens with zero attached hydrogens (tertiary/aromatic N) is 2. The van der Waals surface area contributed by atoms with Gasteiger partial charge in [0.15, 0.2) is 0 Å². The number of carboxylic acid groups (broad SMARTS) is 1. The highest BCUT2D eigenvalue weighted by Crippen LogP contribution is 2.42. The number of benzene rings is 2. The number of ether oxygens (including phenoxy) is 1. The molecular formula is C20H17N3O4S. The third-order valence-corrected chi connectivity index (χ3v) is 5.78. The van der Waals surface area contributed by atoms with Crippen LogP contribution in [-0.4, -0.2) is 39.6 Å². The van der Waals surface area contributed by atoms with Gasteiger partial charge >= 0.3 is 5.97 Å². The van der Waals surface area contributed by atoms with E-state index in [1.165, 1.54) is 11.8 Å². The minimum atomic E-state index is -0.968. The number of fused-ring (bicyclic) bond motifs is 1. The Morgan fingerprint density at radius 2 is 1.93 bits per heavy atom. The minimum Gasteiger partial charge on any atom is -0.497 e. The van der Waals surface area contributed by atoms with Crippen molar-refractivity contribution >= 4 is 29.5 Å². The Hall–Kier alpha value is -3.26. The van der Waals surface area contributed by atoms with Crippen molar-refractivity contribution < 1.29 is 19.4 Å². The summed E-state index contributed by atoms with van der Waals surface area (Å²) in [5, 5.41) is 16.4. The number of anilines is 1. The average Bonchev–Trinajstić information content (AvgIpc) is 3.04. The zero-order valence-corrected chi connectivity index (χ0v) is 15.8. The molecule has 0 saturated heterocycles. The number of carbonyl (C=O) groups excluding carboxylic acids is 1. The molecule has 0 bridgehead atoms. The predicted molar refractivity (Wildman–Crippen MR) is 106 cm³/mol. The maximum atomic E-state index is 12.3. The van der Waals surface area contributed by atoms with Crippen molar-refractivity contribution in [3.8, 4) is 11.4 Å². The molecule has 2 aromatic carbocycles. The third kappa shape index (κ3) is 3.34. The fourth-order valence-electron chi connectivity index (χ4n) is 3.09. The molecule has 2 heterocycles. The molecule has 7 nitrogen and oxygen atoms in total. The van der Waals surface area contributed by atoms with Crippen LogP contribution in [0.25, 0.3) is 5.69 Å². The first-order valence-electron chi connectivity index (χ1n) is 8.54. The van der Waals surface area contributed by atoms with Gasteiger partial charge in [0.25, 0.3) is 0 Å². The van der Waals surface area contributed by atoms with Crippen LogP contribution in [0.1, 0.15) is 26.7 Å². The van der Waals surface area contributed by atoms with Crippen molar-refractivity contribution in [1.82, 2.24) is 9.78 Å². The van der Waals surface area contributed by atoms with Gasteiger partial charge in [-0.05, 0) is 42.0 Å². The number of carboxylic acids is 1. The summed E-state index contributed by atoms with van der Waals surface area (Å²) in [6.45, 7) is 0. The van der Waals surface area contributed by atoms with E-state index < -0.39 is 5.97 Å². The second-order valence-corrected chi connectivity index (χ2v) is 7.32. The lowest BCUT2D eigenvalue weighted by Gasteiger charge is -2.14. The first kappa shape index (κ1) is 18.1. The van der Waals surface area contributed by atoms with Gasteiger partial charge in [-0.15, -0.1) is 11.8 Å². The molecule has 1 aliphatic rings. The van der Waals surface area contributed by atoms with E-state index in [2.05, 4.69) is 10.4 Å². The van der Waals surface area contributed by atoms with Gasteiger partial charge in [-0.2, -0.15) is 5.10 Å². The van der Waals surface area contributed by atoms with Crippen molar-refractivity contribution in [1.29, 1.82) is 0 Å². The van der Waals surface area contributed by atoms with Gasteiger partial charge in [0.05, 0.1) is 35.6 Å². The first-order chi connectivity index (χ1) is 13.6. The molecule has 1 aromatic heterocycles. The van der Waals surface area contributed by atoms with Crippen molar-refractivity contribution in [2.24, 2.45) is 0 Å². The molecule has 3 aromatic rings. The summed E-state index contributed by atoms with van der Waals surface area (Å²) >= 11 is 1.48. The lowest BCUT2D eigenvalue weighted by atomic mass is 10.0. The summed E-state index contributed by atoms with van der Waals surface area (Å²) in [5.74, 6) is 0.574. The zero-order chi connectivity index (χ0) is 19.7. The quantitative estimate of drug-likeness (QED) is 0.704. The summed E-state index contributed by atoms with van der Waals surface area (Å²) in [4.78, 5) is 23.4. The lowest BCUT2D eigenvalue weighted by Crippen LogP contribution is -2.15. The molecule has 0 spiro atoms. The summed E-state index contributed by atoms with van der Waals surface area (Å²) in [6.07, 6.45) is 1.74. The highest BCUT2D eigenvalue weighted by molar-refractivity contribution is 8.00. The molecular weight excluding hydrogens is 378 g/mol. The Kier molecular flexibility index (Phi) is 4.79.